The molecule has 1 fully saturated rings. The van der Waals surface area contributed by atoms with Gasteiger partial charge in [-0.1, -0.05) is 43.7 Å². The minimum absolute atomic E-state index is 0.0287. The van der Waals surface area contributed by atoms with Crippen LogP contribution < -0.4 is 5.32 Å². The number of imide groups is 1. The lowest BCUT2D eigenvalue weighted by atomic mass is 10.0. The molecule has 0 saturated carbocycles. The van der Waals surface area contributed by atoms with Crippen LogP contribution in [0.4, 0.5) is 0 Å². The quantitative estimate of drug-likeness (QED) is 0.581. The van der Waals surface area contributed by atoms with E-state index >= 15 is 0 Å². The SMILES string of the molecule is CC.CC1=CC=C(C(CN(C=O)C2CCC(=O)NC2=O)N(C)C)C=CC1. The second kappa shape index (κ2) is 10.7. The molecule has 3 amide bonds. The van der Waals surface area contributed by atoms with Crippen molar-refractivity contribution in [1.29, 1.82) is 0 Å². The van der Waals surface area contributed by atoms with Crippen LogP contribution in [0.1, 0.15) is 40.0 Å². The second-order valence-electron chi connectivity index (χ2n) is 6.53. The molecule has 0 aromatic heterocycles. The van der Waals surface area contributed by atoms with E-state index in [0.29, 0.717) is 19.4 Å². The number of carbonyl (C=O) groups is 3. The summed E-state index contributed by atoms with van der Waals surface area (Å²) in [5.74, 6) is -0.668. The molecule has 0 aromatic carbocycles. The smallest absolute Gasteiger partial charge is 0.249 e. The third kappa shape index (κ3) is 5.95. The fourth-order valence-corrected chi connectivity index (χ4v) is 2.97. The molecule has 2 aliphatic rings. The van der Waals surface area contributed by atoms with E-state index in [1.165, 1.54) is 10.5 Å². The lowest BCUT2D eigenvalue weighted by Crippen LogP contribution is -2.55. The van der Waals surface area contributed by atoms with Gasteiger partial charge in [-0.15, -0.1) is 0 Å². The second-order valence-corrected chi connectivity index (χ2v) is 6.53. The Balaban J connectivity index is 0.00000163. The Morgan fingerprint density at radius 2 is 1.96 bits per heavy atom. The molecule has 0 bridgehead atoms. The standard InChI is InChI=1S/C18H25N3O3.C2H6/c1-13-5-4-6-14(8-7-13)16(20(2)3)11-21(12-22)15-9-10-17(23)19-18(15)24;1-2/h4,6-8,12,15-16H,5,9-11H2,1-3H3,(H,19,23,24);1-2H3. The van der Waals surface area contributed by atoms with Crippen LogP contribution in [0, 0.1) is 0 Å². The fourth-order valence-electron chi connectivity index (χ4n) is 2.97. The van der Waals surface area contributed by atoms with E-state index in [-0.39, 0.29) is 18.4 Å². The Kier molecular flexibility index (Phi) is 8.99. The third-order valence-corrected chi connectivity index (χ3v) is 4.45. The van der Waals surface area contributed by atoms with Crippen LogP contribution >= 0.6 is 0 Å². The van der Waals surface area contributed by atoms with Gasteiger partial charge in [-0.3, -0.25) is 19.7 Å². The molecule has 2 atom stereocenters. The van der Waals surface area contributed by atoms with Crippen molar-refractivity contribution in [2.45, 2.75) is 52.1 Å². The highest BCUT2D eigenvalue weighted by molar-refractivity contribution is 6.00. The summed E-state index contributed by atoms with van der Waals surface area (Å²) in [7, 11) is 3.91. The van der Waals surface area contributed by atoms with Gasteiger partial charge in [0.05, 0.1) is 6.04 Å². The number of amides is 3. The van der Waals surface area contributed by atoms with Crippen molar-refractivity contribution >= 4 is 18.2 Å². The van der Waals surface area contributed by atoms with Gasteiger partial charge in [0, 0.05) is 13.0 Å². The zero-order valence-corrected chi connectivity index (χ0v) is 16.5. The third-order valence-electron chi connectivity index (χ3n) is 4.45. The zero-order chi connectivity index (χ0) is 19.7. The number of hydrogen-bond donors (Lipinski definition) is 1. The van der Waals surface area contributed by atoms with E-state index < -0.39 is 11.9 Å². The Morgan fingerprint density at radius 3 is 2.54 bits per heavy atom. The molecule has 0 radical (unpaired) electrons. The molecule has 1 saturated heterocycles. The van der Waals surface area contributed by atoms with Gasteiger partial charge in [-0.25, -0.2) is 0 Å². The monoisotopic (exact) mass is 361 g/mol. The van der Waals surface area contributed by atoms with Gasteiger partial charge in [-0.2, -0.15) is 0 Å². The van der Waals surface area contributed by atoms with Crippen LogP contribution in [0.15, 0.2) is 35.5 Å². The molecule has 1 heterocycles. The van der Waals surface area contributed by atoms with Crippen LogP contribution in [0.25, 0.3) is 0 Å². The van der Waals surface area contributed by atoms with E-state index in [1.54, 1.807) is 0 Å². The minimum atomic E-state index is -0.588. The minimum Gasteiger partial charge on any atom is -0.331 e. The number of rotatable bonds is 6. The maximum atomic E-state index is 12.0. The molecular weight excluding hydrogens is 330 g/mol. The van der Waals surface area contributed by atoms with Gasteiger partial charge in [0.2, 0.25) is 18.2 Å². The maximum Gasteiger partial charge on any atom is 0.249 e. The highest BCUT2D eigenvalue weighted by atomic mass is 16.2. The lowest BCUT2D eigenvalue weighted by molar-refractivity contribution is -0.141. The molecule has 6 heteroatoms. The summed E-state index contributed by atoms with van der Waals surface area (Å²) >= 11 is 0. The largest absolute Gasteiger partial charge is 0.331 e. The van der Waals surface area contributed by atoms with Crippen molar-refractivity contribution in [3.05, 3.63) is 35.5 Å². The van der Waals surface area contributed by atoms with E-state index in [2.05, 4.69) is 36.5 Å². The van der Waals surface area contributed by atoms with Crippen molar-refractivity contribution in [3.8, 4) is 0 Å². The van der Waals surface area contributed by atoms with E-state index in [9.17, 15) is 14.4 Å². The number of piperidine rings is 1. The molecule has 1 aliphatic carbocycles. The van der Waals surface area contributed by atoms with Gasteiger partial charge in [0.1, 0.15) is 6.04 Å². The van der Waals surface area contributed by atoms with E-state index in [0.717, 1.165) is 12.0 Å². The van der Waals surface area contributed by atoms with Crippen molar-refractivity contribution < 1.29 is 14.4 Å². The summed E-state index contributed by atoms with van der Waals surface area (Å²) in [6.07, 6.45) is 10.6. The van der Waals surface area contributed by atoms with Crippen molar-refractivity contribution in [1.82, 2.24) is 15.1 Å². The summed E-state index contributed by atoms with van der Waals surface area (Å²) in [5.41, 5.74) is 2.37. The molecule has 1 N–H and O–H groups in total. The van der Waals surface area contributed by atoms with E-state index in [1.807, 2.05) is 32.8 Å². The average molecular weight is 361 g/mol. The summed E-state index contributed by atoms with van der Waals surface area (Å²) in [6, 6.07) is -0.616. The molecule has 2 unspecified atom stereocenters. The molecule has 6 nitrogen and oxygen atoms in total. The topological polar surface area (TPSA) is 69.7 Å². The number of carbonyl (C=O) groups excluding carboxylic acids is 3. The van der Waals surface area contributed by atoms with Gasteiger partial charge < -0.3 is 9.80 Å². The van der Waals surface area contributed by atoms with Gasteiger partial charge in [0.25, 0.3) is 0 Å². The highest BCUT2D eigenvalue weighted by Gasteiger charge is 2.33. The van der Waals surface area contributed by atoms with Crippen LogP contribution in [0.5, 0.6) is 0 Å². The van der Waals surface area contributed by atoms with Crippen molar-refractivity contribution in [2.24, 2.45) is 0 Å². The molecule has 144 valence electrons. The maximum absolute atomic E-state index is 12.0. The Labute approximate surface area is 156 Å². The highest BCUT2D eigenvalue weighted by Crippen LogP contribution is 2.19. The van der Waals surface area contributed by atoms with Gasteiger partial charge in [0.15, 0.2) is 0 Å². The average Bonchev–Trinajstić information content (AvgIpc) is 2.83. The number of allylic oxidation sites excluding steroid dienone is 4. The number of hydrogen-bond acceptors (Lipinski definition) is 4. The predicted octanol–water partition coefficient (Wildman–Crippen LogP) is 2.04. The number of nitrogens with zero attached hydrogens (tertiary/aromatic N) is 2. The van der Waals surface area contributed by atoms with Crippen LogP contribution in [0.2, 0.25) is 0 Å². The summed E-state index contributed by atoms with van der Waals surface area (Å²) < 4.78 is 0. The molecule has 0 spiro atoms. The first-order chi connectivity index (χ1) is 12.4. The fraction of sp³-hybridized carbons (Fsp3) is 0.550. The Morgan fingerprint density at radius 1 is 1.27 bits per heavy atom. The predicted molar refractivity (Wildman–Crippen MR) is 103 cm³/mol. The lowest BCUT2D eigenvalue weighted by Gasteiger charge is -2.35. The summed E-state index contributed by atoms with van der Waals surface area (Å²) in [6.45, 7) is 6.47. The molecule has 1 aliphatic heterocycles. The van der Waals surface area contributed by atoms with Gasteiger partial charge in [-0.05, 0) is 39.4 Å². The molecule has 0 aromatic rings. The number of nitrogens with one attached hydrogen (secondary N) is 1. The van der Waals surface area contributed by atoms with Crippen molar-refractivity contribution in [3.63, 3.8) is 0 Å². The van der Waals surface area contributed by atoms with Crippen LogP contribution in [0.3, 0.4) is 0 Å². The van der Waals surface area contributed by atoms with E-state index in [4.69, 9.17) is 0 Å². The normalized spacial score (nSPS) is 20.9. The number of likely N-dealkylation sites (N-methyl/N-ethyl adjacent to an activating group) is 1. The molecule has 26 heavy (non-hydrogen) atoms. The first kappa shape index (κ1) is 21.8. The van der Waals surface area contributed by atoms with Gasteiger partial charge >= 0.3 is 0 Å². The van der Waals surface area contributed by atoms with Crippen LogP contribution in [-0.4, -0.2) is 60.7 Å². The Hall–Kier alpha value is -2.21. The Bertz CT molecular complexity index is 605. The zero-order valence-electron chi connectivity index (χ0n) is 16.5. The summed E-state index contributed by atoms with van der Waals surface area (Å²) in [4.78, 5) is 38.5. The molecular formula is C20H31N3O3. The first-order valence-electron chi connectivity index (χ1n) is 9.17. The summed E-state index contributed by atoms with van der Waals surface area (Å²) in [5, 5.41) is 2.31. The molecule has 2 rings (SSSR count). The van der Waals surface area contributed by atoms with Crippen LogP contribution in [-0.2, 0) is 14.4 Å². The van der Waals surface area contributed by atoms with Crippen molar-refractivity contribution in [2.75, 3.05) is 20.6 Å². The first-order valence-corrected chi connectivity index (χ1v) is 9.17.